The summed E-state index contributed by atoms with van der Waals surface area (Å²) in [5, 5.41) is 17.2. The summed E-state index contributed by atoms with van der Waals surface area (Å²) in [7, 11) is -2.44. The minimum absolute atomic E-state index is 0.123. The van der Waals surface area contributed by atoms with E-state index in [1.165, 1.54) is 23.0 Å². The van der Waals surface area contributed by atoms with Gasteiger partial charge in [0.1, 0.15) is 6.04 Å². The average molecular weight is 276 g/mol. The number of aliphatic carboxylic acids is 2. The molecule has 0 fully saturated rings. The van der Waals surface area contributed by atoms with Crippen LogP contribution in [-0.4, -0.2) is 41.2 Å². The first kappa shape index (κ1) is 14.2. The monoisotopic (exact) mass is 276 g/mol. The van der Waals surface area contributed by atoms with Crippen LogP contribution in [-0.2, 0) is 26.7 Å². The van der Waals surface area contributed by atoms with Gasteiger partial charge in [-0.25, -0.2) is 8.42 Å². The molecule has 1 atom stereocenters. The molecule has 0 amide bonds. The van der Waals surface area contributed by atoms with Gasteiger partial charge in [0.2, 0.25) is 10.0 Å². The molecule has 8 nitrogen and oxygen atoms in total. The average Bonchev–Trinajstić information content (AvgIpc) is 2.63. The minimum Gasteiger partial charge on any atom is -0.481 e. The van der Waals surface area contributed by atoms with Gasteiger partial charge in [-0.05, 0) is 6.07 Å². The van der Waals surface area contributed by atoms with Crippen molar-refractivity contribution in [2.75, 3.05) is 0 Å². The van der Waals surface area contributed by atoms with E-state index in [1.54, 1.807) is 7.05 Å². The van der Waals surface area contributed by atoms with Gasteiger partial charge in [-0.3, -0.25) is 9.59 Å². The molecule has 0 aliphatic carbocycles. The molecule has 0 aliphatic heterocycles. The van der Waals surface area contributed by atoms with Crippen LogP contribution in [0.3, 0.4) is 0 Å². The molecule has 0 unspecified atom stereocenters. The molecule has 0 saturated heterocycles. The van der Waals surface area contributed by atoms with E-state index in [0.717, 1.165) is 0 Å². The third-order valence-electron chi connectivity index (χ3n) is 2.09. The molecule has 9 heteroatoms. The van der Waals surface area contributed by atoms with E-state index < -0.39 is 34.4 Å². The SMILES string of the molecule is Cn1ccc(S(=O)(=O)N[C@H](CC(=O)O)C(=O)O)c1. The number of sulfonamides is 1. The van der Waals surface area contributed by atoms with E-state index >= 15 is 0 Å². The van der Waals surface area contributed by atoms with E-state index in [4.69, 9.17) is 10.2 Å². The van der Waals surface area contributed by atoms with Gasteiger partial charge >= 0.3 is 11.9 Å². The zero-order valence-electron chi connectivity index (χ0n) is 9.40. The largest absolute Gasteiger partial charge is 0.481 e. The number of aryl methyl sites for hydroxylation is 1. The van der Waals surface area contributed by atoms with Crippen molar-refractivity contribution in [1.82, 2.24) is 9.29 Å². The molecule has 0 spiro atoms. The molecule has 0 aliphatic rings. The smallest absolute Gasteiger partial charge is 0.322 e. The Morgan fingerprint density at radius 3 is 2.44 bits per heavy atom. The second-order valence-corrected chi connectivity index (χ2v) is 5.34. The third kappa shape index (κ3) is 3.57. The van der Waals surface area contributed by atoms with Crippen molar-refractivity contribution in [1.29, 1.82) is 0 Å². The third-order valence-corrected chi connectivity index (χ3v) is 3.55. The molecule has 0 bridgehead atoms. The van der Waals surface area contributed by atoms with Crippen molar-refractivity contribution in [2.24, 2.45) is 7.05 Å². The molecule has 1 aromatic heterocycles. The van der Waals surface area contributed by atoms with E-state index in [2.05, 4.69) is 0 Å². The van der Waals surface area contributed by atoms with Crippen LogP contribution in [0.4, 0.5) is 0 Å². The molecule has 1 aromatic rings. The fourth-order valence-electron chi connectivity index (χ4n) is 1.25. The van der Waals surface area contributed by atoms with E-state index in [1.807, 2.05) is 4.72 Å². The first-order valence-corrected chi connectivity index (χ1v) is 6.29. The van der Waals surface area contributed by atoms with Gasteiger partial charge in [0.05, 0.1) is 11.3 Å². The van der Waals surface area contributed by atoms with Gasteiger partial charge in [-0.1, -0.05) is 0 Å². The van der Waals surface area contributed by atoms with Crippen LogP contribution in [0.25, 0.3) is 0 Å². The van der Waals surface area contributed by atoms with Gasteiger partial charge in [-0.15, -0.1) is 0 Å². The van der Waals surface area contributed by atoms with Crippen LogP contribution >= 0.6 is 0 Å². The fourth-order valence-corrected chi connectivity index (χ4v) is 2.49. The minimum atomic E-state index is -4.04. The van der Waals surface area contributed by atoms with E-state index in [0.29, 0.717) is 0 Å². The number of rotatable bonds is 6. The van der Waals surface area contributed by atoms with Gasteiger partial charge in [0, 0.05) is 19.4 Å². The Labute approximate surface area is 103 Å². The van der Waals surface area contributed by atoms with Crippen LogP contribution < -0.4 is 4.72 Å². The molecule has 1 rings (SSSR count). The summed E-state index contributed by atoms with van der Waals surface area (Å²) in [6.07, 6.45) is 1.92. The van der Waals surface area contributed by atoms with Crippen molar-refractivity contribution in [3.63, 3.8) is 0 Å². The maximum absolute atomic E-state index is 11.8. The number of nitrogens with zero attached hydrogens (tertiary/aromatic N) is 1. The summed E-state index contributed by atoms with van der Waals surface area (Å²) in [5.74, 6) is -2.95. The standard InChI is InChI=1S/C9H12N2O6S/c1-11-3-2-6(5-11)18(16,17)10-7(9(14)15)4-8(12)13/h2-3,5,7,10H,4H2,1H3,(H,12,13)(H,14,15)/t7-/m1/s1. The highest BCUT2D eigenvalue weighted by molar-refractivity contribution is 7.89. The van der Waals surface area contributed by atoms with Crippen LogP contribution in [0.5, 0.6) is 0 Å². The zero-order valence-corrected chi connectivity index (χ0v) is 10.2. The predicted octanol–water partition coefficient (Wildman–Crippen LogP) is -0.769. The number of carboxylic acid groups (broad SMARTS) is 2. The number of hydrogen-bond acceptors (Lipinski definition) is 4. The lowest BCUT2D eigenvalue weighted by Crippen LogP contribution is -2.42. The topological polar surface area (TPSA) is 126 Å². The number of carboxylic acids is 2. The Kier molecular flexibility index (Phi) is 4.09. The van der Waals surface area contributed by atoms with Gasteiger partial charge in [-0.2, -0.15) is 4.72 Å². The highest BCUT2D eigenvalue weighted by atomic mass is 32.2. The molecule has 0 saturated carbocycles. The molecule has 100 valence electrons. The van der Waals surface area contributed by atoms with Gasteiger partial charge < -0.3 is 14.8 Å². The summed E-state index contributed by atoms with van der Waals surface area (Å²) in [6.45, 7) is 0. The maximum Gasteiger partial charge on any atom is 0.322 e. The van der Waals surface area contributed by atoms with Crippen molar-refractivity contribution in [2.45, 2.75) is 17.4 Å². The molecular formula is C9H12N2O6S. The van der Waals surface area contributed by atoms with Gasteiger partial charge in [0.15, 0.2) is 0 Å². The summed E-state index contributed by atoms with van der Waals surface area (Å²) in [6, 6.07) is -0.421. The number of nitrogens with one attached hydrogen (secondary N) is 1. The highest BCUT2D eigenvalue weighted by Crippen LogP contribution is 2.10. The normalized spacial score (nSPS) is 13.2. The second kappa shape index (κ2) is 5.19. The van der Waals surface area contributed by atoms with E-state index in [-0.39, 0.29) is 4.90 Å². The first-order chi connectivity index (χ1) is 8.22. The molecule has 3 N–H and O–H groups in total. The molecule has 18 heavy (non-hydrogen) atoms. The van der Waals surface area contributed by atoms with Crippen molar-refractivity contribution >= 4 is 22.0 Å². The maximum atomic E-state index is 11.8. The number of carbonyl (C=O) groups is 2. The Morgan fingerprint density at radius 2 is 2.06 bits per heavy atom. The molecule has 1 heterocycles. The fraction of sp³-hybridized carbons (Fsp3) is 0.333. The first-order valence-electron chi connectivity index (χ1n) is 4.81. The van der Waals surface area contributed by atoms with Crippen LogP contribution in [0.2, 0.25) is 0 Å². The van der Waals surface area contributed by atoms with Crippen LogP contribution in [0, 0.1) is 0 Å². The number of hydrogen-bond donors (Lipinski definition) is 3. The Bertz CT molecular complexity index is 561. The Morgan fingerprint density at radius 1 is 1.44 bits per heavy atom. The summed E-state index contributed by atoms with van der Waals surface area (Å²) in [4.78, 5) is 21.1. The zero-order chi connectivity index (χ0) is 13.9. The molecular weight excluding hydrogens is 264 g/mol. The molecule has 0 radical (unpaired) electrons. The van der Waals surface area contributed by atoms with Crippen LogP contribution in [0.15, 0.2) is 23.4 Å². The summed E-state index contributed by atoms with van der Waals surface area (Å²) >= 11 is 0. The second-order valence-electron chi connectivity index (χ2n) is 3.62. The lowest BCUT2D eigenvalue weighted by molar-refractivity contribution is -0.145. The number of aromatic nitrogens is 1. The lowest BCUT2D eigenvalue weighted by Gasteiger charge is -2.11. The Balaban J connectivity index is 2.93. The quantitative estimate of drug-likeness (QED) is 0.626. The molecule has 0 aromatic carbocycles. The Hall–Kier alpha value is -1.87. The lowest BCUT2D eigenvalue weighted by atomic mass is 10.2. The summed E-state index contributed by atoms with van der Waals surface area (Å²) < 4.78 is 26.8. The van der Waals surface area contributed by atoms with Crippen molar-refractivity contribution in [3.8, 4) is 0 Å². The van der Waals surface area contributed by atoms with Gasteiger partial charge in [0.25, 0.3) is 0 Å². The van der Waals surface area contributed by atoms with Crippen molar-refractivity contribution < 1.29 is 28.2 Å². The van der Waals surface area contributed by atoms with Crippen LogP contribution in [0.1, 0.15) is 6.42 Å². The summed E-state index contributed by atoms with van der Waals surface area (Å²) in [5.41, 5.74) is 0. The highest BCUT2D eigenvalue weighted by Gasteiger charge is 2.27. The van der Waals surface area contributed by atoms with E-state index in [9.17, 15) is 18.0 Å². The van der Waals surface area contributed by atoms with Crippen molar-refractivity contribution in [3.05, 3.63) is 18.5 Å². The predicted molar refractivity (Wildman–Crippen MR) is 59.4 cm³/mol.